The van der Waals surface area contributed by atoms with Gasteiger partial charge in [0.1, 0.15) is 5.75 Å². The van der Waals surface area contributed by atoms with Crippen molar-refractivity contribution in [1.82, 2.24) is 15.3 Å². The van der Waals surface area contributed by atoms with Crippen LogP contribution in [0.2, 0.25) is 0 Å². The van der Waals surface area contributed by atoms with Crippen LogP contribution in [-0.4, -0.2) is 16.0 Å². The van der Waals surface area contributed by atoms with E-state index in [4.69, 9.17) is 4.74 Å². The molecule has 0 spiro atoms. The SMILES string of the molecule is c1ccc2c(c1)CC(c1ncc(CNC3CC3)cn1)O2. The van der Waals surface area contributed by atoms with Crippen molar-refractivity contribution in [3.8, 4) is 5.75 Å². The maximum absolute atomic E-state index is 5.90. The molecule has 1 N–H and O–H groups in total. The highest BCUT2D eigenvalue weighted by Gasteiger charge is 2.26. The van der Waals surface area contributed by atoms with Crippen molar-refractivity contribution in [2.45, 2.75) is 38.0 Å². The van der Waals surface area contributed by atoms with Gasteiger partial charge in [0.05, 0.1) is 0 Å². The molecule has 20 heavy (non-hydrogen) atoms. The summed E-state index contributed by atoms with van der Waals surface area (Å²) >= 11 is 0. The smallest absolute Gasteiger partial charge is 0.169 e. The van der Waals surface area contributed by atoms with Crippen LogP contribution in [0.15, 0.2) is 36.7 Å². The Hall–Kier alpha value is -1.94. The van der Waals surface area contributed by atoms with E-state index in [0.29, 0.717) is 6.04 Å². The number of nitrogens with zero attached hydrogens (tertiary/aromatic N) is 2. The molecule has 0 amide bonds. The Kier molecular flexibility index (Phi) is 2.89. The predicted octanol–water partition coefficient (Wildman–Crippen LogP) is 2.40. The Bertz CT molecular complexity index is 582. The number of hydrogen-bond acceptors (Lipinski definition) is 4. The Morgan fingerprint density at radius 3 is 2.70 bits per heavy atom. The number of benzene rings is 1. The molecule has 1 aliphatic heterocycles. The Morgan fingerprint density at radius 1 is 1.15 bits per heavy atom. The molecule has 1 atom stereocenters. The van der Waals surface area contributed by atoms with Gasteiger partial charge in [0.15, 0.2) is 11.9 Å². The summed E-state index contributed by atoms with van der Waals surface area (Å²) in [5, 5.41) is 3.46. The lowest BCUT2D eigenvalue weighted by Crippen LogP contribution is -2.16. The van der Waals surface area contributed by atoms with Gasteiger partial charge < -0.3 is 10.1 Å². The standard InChI is InChI=1S/C16H17N3O/c1-2-4-14-12(3-1)7-15(20-14)16-18-9-11(10-19-16)8-17-13-5-6-13/h1-4,9-10,13,15,17H,5-8H2. The second-order valence-corrected chi connectivity index (χ2v) is 5.52. The highest BCUT2D eigenvalue weighted by Crippen LogP contribution is 2.34. The van der Waals surface area contributed by atoms with E-state index in [1.807, 2.05) is 30.6 Å². The van der Waals surface area contributed by atoms with Crippen molar-refractivity contribution >= 4 is 0 Å². The molecular weight excluding hydrogens is 250 g/mol. The number of aromatic nitrogens is 2. The third-order valence-electron chi connectivity index (χ3n) is 3.83. The molecule has 1 aromatic carbocycles. The molecule has 2 aliphatic rings. The average molecular weight is 267 g/mol. The van der Waals surface area contributed by atoms with Gasteiger partial charge in [-0.15, -0.1) is 0 Å². The molecular formula is C16H17N3O. The molecule has 4 heteroatoms. The molecule has 1 saturated carbocycles. The topological polar surface area (TPSA) is 47.0 Å². The summed E-state index contributed by atoms with van der Waals surface area (Å²) in [6.07, 6.45) is 7.22. The van der Waals surface area contributed by atoms with E-state index in [1.165, 1.54) is 18.4 Å². The van der Waals surface area contributed by atoms with Gasteiger partial charge in [0, 0.05) is 37.0 Å². The van der Waals surface area contributed by atoms with Crippen LogP contribution in [0.5, 0.6) is 5.75 Å². The predicted molar refractivity (Wildman–Crippen MR) is 75.4 cm³/mol. The minimum atomic E-state index is -0.0437. The summed E-state index contributed by atoms with van der Waals surface area (Å²) < 4.78 is 5.90. The summed E-state index contributed by atoms with van der Waals surface area (Å²) in [6.45, 7) is 0.858. The van der Waals surface area contributed by atoms with E-state index in [-0.39, 0.29) is 6.10 Å². The van der Waals surface area contributed by atoms with Crippen molar-refractivity contribution in [2.24, 2.45) is 0 Å². The maximum atomic E-state index is 5.90. The van der Waals surface area contributed by atoms with Crippen molar-refractivity contribution in [3.05, 3.63) is 53.6 Å². The molecule has 0 bridgehead atoms. The average Bonchev–Trinajstić information content (AvgIpc) is 3.22. The third-order valence-corrected chi connectivity index (χ3v) is 3.83. The van der Waals surface area contributed by atoms with Gasteiger partial charge in [-0.25, -0.2) is 9.97 Å². The van der Waals surface area contributed by atoms with E-state index in [2.05, 4.69) is 21.4 Å². The number of hydrogen-bond donors (Lipinski definition) is 1. The molecule has 4 rings (SSSR count). The van der Waals surface area contributed by atoms with Gasteiger partial charge in [0.25, 0.3) is 0 Å². The summed E-state index contributed by atoms with van der Waals surface area (Å²) in [5.41, 5.74) is 2.37. The fourth-order valence-corrected chi connectivity index (χ4v) is 2.50. The summed E-state index contributed by atoms with van der Waals surface area (Å²) in [4.78, 5) is 8.93. The summed E-state index contributed by atoms with van der Waals surface area (Å²) in [7, 11) is 0. The van der Waals surface area contributed by atoms with E-state index in [0.717, 1.165) is 30.1 Å². The second-order valence-electron chi connectivity index (χ2n) is 5.52. The summed E-state index contributed by atoms with van der Waals surface area (Å²) in [6, 6.07) is 8.85. The van der Waals surface area contributed by atoms with Gasteiger partial charge in [-0.3, -0.25) is 0 Å². The molecule has 2 aromatic rings. The third kappa shape index (κ3) is 2.39. The zero-order valence-corrected chi connectivity index (χ0v) is 11.2. The minimum absolute atomic E-state index is 0.0437. The number of rotatable bonds is 4. The first kappa shape index (κ1) is 11.9. The number of para-hydroxylation sites is 1. The minimum Gasteiger partial charge on any atom is -0.482 e. The van der Waals surface area contributed by atoms with Crippen LogP contribution in [0.3, 0.4) is 0 Å². The highest BCUT2D eigenvalue weighted by atomic mass is 16.5. The lowest BCUT2D eigenvalue weighted by Gasteiger charge is -2.09. The van der Waals surface area contributed by atoms with Crippen molar-refractivity contribution < 1.29 is 4.74 Å². The lowest BCUT2D eigenvalue weighted by atomic mass is 10.1. The maximum Gasteiger partial charge on any atom is 0.169 e. The van der Waals surface area contributed by atoms with Gasteiger partial charge in [-0.2, -0.15) is 0 Å². The van der Waals surface area contributed by atoms with Crippen LogP contribution in [0.1, 0.15) is 35.9 Å². The first-order valence-electron chi connectivity index (χ1n) is 7.17. The molecule has 4 nitrogen and oxygen atoms in total. The van der Waals surface area contributed by atoms with Gasteiger partial charge in [0.2, 0.25) is 0 Å². The molecule has 102 valence electrons. The number of fused-ring (bicyclic) bond motifs is 1. The van der Waals surface area contributed by atoms with Crippen LogP contribution in [0.25, 0.3) is 0 Å². The first-order valence-corrected chi connectivity index (χ1v) is 7.17. The van der Waals surface area contributed by atoms with Crippen LogP contribution < -0.4 is 10.1 Å². The molecule has 1 aliphatic carbocycles. The van der Waals surface area contributed by atoms with Crippen molar-refractivity contribution in [3.63, 3.8) is 0 Å². The van der Waals surface area contributed by atoms with E-state index in [1.54, 1.807) is 0 Å². The van der Waals surface area contributed by atoms with E-state index in [9.17, 15) is 0 Å². The van der Waals surface area contributed by atoms with Gasteiger partial charge in [-0.1, -0.05) is 18.2 Å². The zero-order chi connectivity index (χ0) is 13.4. The Balaban J connectivity index is 1.44. The number of nitrogens with one attached hydrogen (secondary N) is 1. The largest absolute Gasteiger partial charge is 0.482 e. The summed E-state index contributed by atoms with van der Waals surface area (Å²) in [5.74, 6) is 1.73. The molecule has 2 heterocycles. The van der Waals surface area contributed by atoms with Crippen molar-refractivity contribution in [2.75, 3.05) is 0 Å². The monoisotopic (exact) mass is 267 g/mol. The van der Waals surface area contributed by atoms with Gasteiger partial charge in [-0.05, 0) is 24.5 Å². The molecule has 0 saturated heterocycles. The normalized spacial score (nSPS) is 20.5. The second kappa shape index (κ2) is 4.87. The van der Waals surface area contributed by atoms with E-state index >= 15 is 0 Å². The first-order chi connectivity index (χ1) is 9.88. The fourth-order valence-electron chi connectivity index (χ4n) is 2.50. The van der Waals surface area contributed by atoms with E-state index < -0.39 is 0 Å². The number of ether oxygens (including phenoxy) is 1. The van der Waals surface area contributed by atoms with Crippen LogP contribution >= 0.6 is 0 Å². The molecule has 1 aromatic heterocycles. The molecule has 1 unspecified atom stereocenters. The molecule has 1 fully saturated rings. The van der Waals surface area contributed by atoms with Crippen LogP contribution in [0, 0.1) is 0 Å². The highest BCUT2D eigenvalue weighted by molar-refractivity contribution is 5.38. The zero-order valence-electron chi connectivity index (χ0n) is 11.2. The molecule has 0 radical (unpaired) electrons. The fraction of sp³-hybridized carbons (Fsp3) is 0.375. The van der Waals surface area contributed by atoms with Crippen molar-refractivity contribution in [1.29, 1.82) is 0 Å². The lowest BCUT2D eigenvalue weighted by molar-refractivity contribution is 0.227. The van der Waals surface area contributed by atoms with Crippen LogP contribution in [0.4, 0.5) is 0 Å². The Labute approximate surface area is 118 Å². The quantitative estimate of drug-likeness (QED) is 0.924. The van der Waals surface area contributed by atoms with Crippen LogP contribution in [-0.2, 0) is 13.0 Å². The van der Waals surface area contributed by atoms with Gasteiger partial charge >= 0.3 is 0 Å². The Morgan fingerprint density at radius 2 is 1.95 bits per heavy atom.